The first-order chi connectivity index (χ1) is 14.9. The maximum atomic E-state index is 13.2. The molecule has 4 bridgehead atoms. The average Bonchev–Trinajstić information content (AvgIpc) is 3.23. The zero-order chi connectivity index (χ0) is 23.8. The van der Waals surface area contributed by atoms with Gasteiger partial charge in [0.15, 0.2) is 11.9 Å². The molecule has 0 radical (unpaired) electrons. The maximum Gasteiger partial charge on any atom is 0.331 e. The number of fused-ring (bicyclic) bond motifs is 4. The minimum Gasteiger partial charge on any atom is -0.453 e. The smallest absolute Gasteiger partial charge is 0.331 e. The molecule has 2 fully saturated rings. The van der Waals surface area contributed by atoms with E-state index in [4.69, 9.17) is 14.2 Å². The van der Waals surface area contributed by atoms with Crippen LogP contribution in [0.15, 0.2) is 23.8 Å². The van der Waals surface area contributed by atoms with E-state index in [9.17, 15) is 19.8 Å². The molecule has 2 saturated heterocycles. The summed E-state index contributed by atoms with van der Waals surface area (Å²) in [5.41, 5.74) is 0.492. The molecule has 0 aromatic carbocycles. The van der Waals surface area contributed by atoms with Crippen molar-refractivity contribution in [1.82, 2.24) is 0 Å². The van der Waals surface area contributed by atoms with Gasteiger partial charge in [-0.3, -0.25) is 4.79 Å². The van der Waals surface area contributed by atoms with Crippen LogP contribution in [0.3, 0.4) is 0 Å². The summed E-state index contributed by atoms with van der Waals surface area (Å²) in [6, 6.07) is 0. The van der Waals surface area contributed by atoms with Crippen molar-refractivity contribution in [3.63, 3.8) is 0 Å². The Balaban J connectivity index is 1.99. The summed E-state index contributed by atoms with van der Waals surface area (Å²) in [5.74, 6) is -3.88. The number of rotatable bonds is 3. The third kappa shape index (κ3) is 4.86. The highest BCUT2D eigenvalue weighted by atomic mass is 16.7. The molecular formula is C25H38O7. The fraction of sp³-hybridized carbons (Fsp3) is 0.760. The SMILES string of the molecule is CC/C(C)=C/C(=O)O[C@@H]1[C@H](C)C[C@H]2O[C@]1(O)[C@@H](O)[C@H]1CC[C@H](O1)C(C)(C)/C=C/[C@H](C)C2=O. The van der Waals surface area contributed by atoms with Gasteiger partial charge in [-0.2, -0.15) is 0 Å². The Labute approximate surface area is 190 Å². The van der Waals surface area contributed by atoms with Gasteiger partial charge in [0.05, 0.1) is 12.2 Å². The normalized spacial score (nSPS) is 43.2. The van der Waals surface area contributed by atoms with E-state index in [-0.39, 0.29) is 23.7 Å². The average molecular weight is 451 g/mol. The van der Waals surface area contributed by atoms with Crippen LogP contribution in [-0.4, -0.2) is 58.3 Å². The summed E-state index contributed by atoms with van der Waals surface area (Å²) >= 11 is 0. The molecule has 0 saturated carbocycles. The minimum absolute atomic E-state index is 0.171. The third-order valence-corrected chi connectivity index (χ3v) is 7.25. The van der Waals surface area contributed by atoms with Gasteiger partial charge in [0.1, 0.15) is 12.2 Å². The molecule has 0 amide bonds. The molecule has 0 aromatic heterocycles. The summed E-state index contributed by atoms with van der Waals surface area (Å²) < 4.78 is 17.7. The van der Waals surface area contributed by atoms with Gasteiger partial charge in [-0.05, 0) is 32.6 Å². The fourth-order valence-electron chi connectivity index (χ4n) is 4.88. The van der Waals surface area contributed by atoms with Crippen LogP contribution in [0.2, 0.25) is 0 Å². The van der Waals surface area contributed by atoms with Crippen molar-refractivity contribution in [1.29, 1.82) is 0 Å². The van der Waals surface area contributed by atoms with Gasteiger partial charge in [-0.15, -0.1) is 0 Å². The Kier molecular flexibility index (Phi) is 7.35. The highest BCUT2D eigenvalue weighted by molar-refractivity contribution is 5.87. The molecular weight excluding hydrogens is 412 g/mol. The van der Waals surface area contributed by atoms with E-state index in [1.807, 2.05) is 39.8 Å². The number of ether oxygens (including phenoxy) is 3. The van der Waals surface area contributed by atoms with Crippen molar-refractivity contribution < 1.29 is 34.0 Å². The number of ketones is 1. The Morgan fingerprint density at radius 2 is 2.00 bits per heavy atom. The van der Waals surface area contributed by atoms with Crippen LogP contribution >= 0.6 is 0 Å². The number of hydrogen-bond donors (Lipinski definition) is 2. The number of allylic oxidation sites excluding steroid dienone is 2. The standard InChI is InChI=1S/C25H38O7/c1-7-14(2)12-20(26)31-23-16(4)13-18-21(27)15(3)10-11-24(5,6)19-9-8-17(30-19)22(28)25(23,29)32-18/h10-12,15-19,22-23,28-29H,7-9,13H2,1-6H3/b11-10+,14-12+/t15-,16+,17+,18+,19-,22-,23+,25+/m0/s1. The predicted octanol–water partition coefficient (Wildman–Crippen LogP) is 3.08. The molecule has 0 unspecified atom stereocenters. The van der Waals surface area contributed by atoms with Gasteiger partial charge in [-0.1, -0.05) is 52.3 Å². The largest absolute Gasteiger partial charge is 0.453 e. The van der Waals surface area contributed by atoms with Crippen molar-refractivity contribution in [3.8, 4) is 0 Å². The first kappa shape index (κ1) is 25.1. The molecule has 180 valence electrons. The Bertz CT molecular complexity index is 785. The van der Waals surface area contributed by atoms with E-state index < -0.39 is 48.0 Å². The second-order valence-electron chi connectivity index (χ2n) is 10.3. The number of hydrogen-bond acceptors (Lipinski definition) is 7. The van der Waals surface area contributed by atoms with E-state index in [1.54, 1.807) is 13.8 Å². The quantitative estimate of drug-likeness (QED) is 0.387. The van der Waals surface area contributed by atoms with E-state index in [2.05, 4.69) is 0 Å². The summed E-state index contributed by atoms with van der Waals surface area (Å²) in [6.45, 7) is 11.4. The number of carbonyl (C=O) groups excluding carboxylic acids is 2. The molecule has 3 rings (SSSR count). The van der Waals surface area contributed by atoms with E-state index in [0.717, 1.165) is 5.57 Å². The molecule has 3 aliphatic rings. The summed E-state index contributed by atoms with van der Waals surface area (Å²) in [7, 11) is 0. The van der Waals surface area contributed by atoms with E-state index >= 15 is 0 Å². The first-order valence-electron chi connectivity index (χ1n) is 11.7. The molecule has 0 spiro atoms. The van der Waals surface area contributed by atoms with Crippen LogP contribution in [0.1, 0.15) is 67.2 Å². The van der Waals surface area contributed by atoms with Crippen LogP contribution in [0, 0.1) is 17.3 Å². The zero-order valence-corrected chi connectivity index (χ0v) is 20.0. The Morgan fingerprint density at radius 1 is 1.31 bits per heavy atom. The lowest BCUT2D eigenvalue weighted by atomic mass is 9.81. The number of Topliss-reactive ketones (excluding diaryl/α,β-unsaturated/α-hetero) is 1. The van der Waals surface area contributed by atoms with Gasteiger partial charge in [0.25, 0.3) is 0 Å². The van der Waals surface area contributed by atoms with Crippen molar-refractivity contribution in [2.45, 2.75) is 104 Å². The molecule has 3 heterocycles. The monoisotopic (exact) mass is 450 g/mol. The van der Waals surface area contributed by atoms with Crippen molar-refractivity contribution >= 4 is 11.8 Å². The van der Waals surface area contributed by atoms with Gasteiger partial charge in [0, 0.05) is 23.3 Å². The zero-order valence-electron chi connectivity index (χ0n) is 20.0. The number of carbonyl (C=O) groups is 2. The summed E-state index contributed by atoms with van der Waals surface area (Å²) in [6.07, 6.45) is 3.00. The lowest BCUT2D eigenvalue weighted by Gasteiger charge is -2.48. The Morgan fingerprint density at radius 3 is 2.66 bits per heavy atom. The van der Waals surface area contributed by atoms with Crippen molar-refractivity contribution in [2.24, 2.45) is 17.3 Å². The van der Waals surface area contributed by atoms with Gasteiger partial charge in [-0.25, -0.2) is 4.79 Å². The van der Waals surface area contributed by atoms with Gasteiger partial charge < -0.3 is 24.4 Å². The van der Waals surface area contributed by atoms with Gasteiger partial charge >= 0.3 is 5.97 Å². The fourth-order valence-corrected chi connectivity index (χ4v) is 4.88. The molecule has 32 heavy (non-hydrogen) atoms. The second kappa shape index (κ2) is 9.37. The second-order valence-corrected chi connectivity index (χ2v) is 10.3. The van der Waals surface area contributed by atoms with Crippen LogP contribution in [0.4, 0.5) is 0 Å². The minimum atomic E-state index is -2.26. The molecule has 3 aliphatic heterocycles. The summed E-state index contributed by atoms with van der Waals surface area (Å²) in [4.78, 5) is 25.7. The lowest BCUT2D eigenvalue weighted by Crippen LogP contribution is -2.66. The maximum absolute atomic E-state index is 13.2. The van der Waals surface area contributed by atoms with Crippen molar-refractivity contribution in [2.75, 3.05) is 0 Å². The first-order valence-corrected chi connectivity index (χ1v) is 11.7. The third-order valence-electron chi connectivity index (χ3n) is 7.25. The van der Waals surface area contributed by atoms with E-state index in [1.165, 1.54) is 6.08 Å². The van der Waals surface area contributed by atoms with Crippen LogP contribution in [0.25, 0.3) is 0 Å². The molecule has 7 nitrogen and oxygen atoms in total. The molecule has 0 aromatic rings. The number of aliphatic hydroxyl groups is 2. The van der Waals surface area contributed by atoms with Crippen LogP contribution in [0.5, 0.6) is 0 Å². The molecule has 8 atom stereocenters. The van der Waals surface area contributed by atoms with Gasteiger partial charge in [0.2, 0.25) is 5.79 Å². The lowest BCUT2D eigenvalue weighted by molar-refractivity contribution is -0.353. The topological polar surface area (TPSA) is 102 Å². The summed E-state index contributed by atoms with van der Waals surface area (Å²) in [5, 5.41) is 22.9. The van der Waals surface area contributed by atoms with E-state index in [0.29, 0.717) is 19.3 Å². The molecule has 0 aliphatic carbocycles. The Hall–Kier alpha value is -1.54. The highest BCUT2D eigenvalue weighted by Gasteiger charge is 2.59. The van der Waals surface area contributed by atoms with Crippen LogP contribution in [-0.2, 0) is 23.8 Å². The number of esters is 1. The highest BCUT2D eigenvalue weighted by Crippen LogP contribution is 2.43. The molecule has 2 N–H and O–H groups in total. The van der Waals surface area contributed by atoms with Crippen LogP contribution < -0.4 is 0 Å². The number of aliphatic hydroxyl groups excluding tert-OH is 1. The van der Waals surface area contributed by atoms with Crippen molar-refractivity contribution in [3.05, 3.63) is 23.8 Å². The predicted molar refractivity (Wildman–Crippen MR) is 119 cm³/mol. The molecule has 7 heteroatoms.